The fraction of sp³-hybridized carbons (Fsp3) is 0.500. The summed E-state index contributed by atoms with van der Waals surface area (Å²) in [6.45, 7) is 6.15. The molecule has 0 aromatic heterocycles. The van der Waals surface area contributed by atoms with E-state index < -0.39 is 5.82 Å². The van der Waals surface area contributed by atoms with E-state index in [1.807, 2.05) is 0 Å². The highest BCUT2D eigenvalue weighted by atomic mass is 19.1. The molecule has 0 spiro atoms. The molecule has 1 saturated heterocycles. The molecular weight excluding hydrogens is 247 g/mol. The minimum Gasteiger partial charge on any atom is -0.494 e. The lowest BCUT2D eigenvalue weighted by molar-refractivity contribution is 0.0651. The summed E-state index contributed by atoms with van der Waals surface area (Å²) >= 11 is 0. The predicted molar refractivity (Wildman–Crippen MR) is 70.9 cm³/mol. The number of nitrogens with zero attached hydrogens (tertiary/aromatic N) is 1. The summed E-state index contributed by atoms with van der Waals surface area (Å²) in [6, 6.07) is 4.21. The van der Waals surface area contributed by atoms with Gasteiger partial charge in [-0.2, -0.15) is 0 Å². The van der Waals surface area contributed by atoms with Crippen molar-refractivity contribution in [2.24, 2.45) is 0 Å². The molecule has 1 aliphatic rings. The molecule has 1 heterocycles. The fourth-order valence-electron chi connectivity index (χ4n) is 2.29. The first-order valence-electron chi connectivity index (χ1n) is 6.31. The van der Waals surface area contributed by atoms with Crippen LogP contribution in [0.2, 0.25) is 0 Å². The van der Waals surface area contributed by atoms with Gasteiger partial charge in [-0.05, 0) is 32.0 Å². The third-order valence-corrected chi connectivity index (χ3v) is 3.26. The summed E-state index contributed by atoms with van der Waals surface area (Å²) < 4.78 is 18.2. The van der Waals surface area contributed by atoms with Gasteiger partial charge in [0.15, 0.2) is 11.6 Å². The van der Waals surface area contributed by atoms with Crippen molar-refractivity contribution in [1.29, 1.82) is 0 Å². The van der Waals surface area contributed by atoms with E-state index in [0.29, 0.717) is 18.7 Å². The van der Waals surface area contributed by atoms with E-state index in [1.165, 1.54) is 25.3 Å². The molecule has 2 rings (SSSR count). The van der Waals surface area contributed by atoms with E-state index in [-0.39, 0.29) is 17.2 Å². The van der Waals surface area contributed by atoms with Crippen molar-refractivity contribution in [3.8, 4) is 5.75 Å². The van der Waals surface area contributed by atoms with E-state index in [9.17, 15) is 9.18 Å². The van der Waals surface area contributed by atoms with Crippen molar-refractivity contribution in [3.63, 3.8) is 0 Å². The number of hydrogen-bond donors (Lipinski definition) is 1. The first-order chi connectivity index (χ1) is 8.93. The lowest BCUT2D eigenvalue weighted by atomic mass is 10.0. The smallest absolute Gasteiger partial charge is 0.254 e. The second kappa shape index (κ2) is 5.17. The maximum atomic E-state index is 13.3. The number of amides is 1. The topological polar surface area (TPSA) is 41.6 Å². The maximum Gasteiger partial charge on any atom is 0.254 e. The van der Waals surface area contributed by atoms with Crippen molar-refractivity contribution in [1.82, 2.24) is 10.2 Å². The molecule has 1 N–H and O–H groups in total. The molecule has 0 saturated carbocycles. The zero-order valence-electron chi connectivity index (χ0n) is 11.5. The van der Waals surface area contributed by atoms with Crippen molar-refractivity contribution < 1.29 is 13.9 Å². The van der Waals surface area contributed by atoms with Crippen molar-refractivity contribution in [2.75, 3.05) is 26.7 Å². The van der Waals surface area contributed by atoms with Gasteiger partial charge in [0.2, 0.25) is 0 Å². The minimum atomic E-state index is -0.459. The second-order valence-corrected chi connectivity index (χ2v) is 5.39. The molecule has 1 aromatic carbocycles. The molecule has 19 heavy (non-hydrogen) atoms. The Kier molecular flexibility index (Phi) is 3.75. The molecule has 0 bridgehead atoms. The van der Waals surface area contributed by atoms with Crippen LogP contribution in [0, 0.1) is 5.82 Å². The molecule has 104 valence electrons. The number of hydrogen-bond acceptors (Lipinski definition) is 3. The van der Waals surface area contributed by atoms with Gasteiger partial charge < -0.3 is 15.0 Å². The van der Waals surface area contributed by atoms with Crippen LogP contribution < -0.4 is 10.1 Å². The minimum absolute atomic E-state index is 0.0899. The fourth-order valence-corrected chi connectivity index (χ4v) is 2.29. The summed E-state index contributed by atoms with van der Waals surface area (Å²) in [5.74, 6) is -0.451. The molecule has 1 fully saturated rings. The molecule has 0 atom stereocenters. The number of carbonyl (C=O) groups is 1. The highest BCUT2D eigenvalue weighted by Gasteiger charge is 2.29. The molecule has 1 aromatic rings. The lowest BCUT2D eigenvalue weighted by Gasteiger charge is -2.39. The number of ether oxygens (including phenoxy) is 1. The second-order valence-electron chi connectivity index (χ2n) is 5.39. The average molecular weight is 266 g/mol. The highest BCUT2D eigenvalue weighted by molar-refractivity contribution is 5.94. The number of benzene rings is 1. The summed E-state index contributed by atoms with van der Waals surface area (Å²) in [7, 11) is 1.39. The van der Waals surface area contributed by atoms with Gasteiger partial charge in [-0.25, -0.2) is 4.39 Å². The number of halogens is 1. The third kappa shape index (κ3) is 3.04. The van der Waals surface area contributed by atoms with Gasteiger partial charge in [-0.15, -0.1) is 0 Å². The Morgan fingerprint density at radius 3 is 2.84 bits per heavy atom. The SMILES string of the molecule is COc1cc(C(=O)N2CCNC(C)(C)C2)ccc1F. The average Bonchev–Trinajstić information content (AvgIpc) is 2.37. The Hall–Kier alpha value is -1.62. The molecule has 1 aliphatic heterocycles. The molecular formula is C14H19FN2O2. The van der Waals surface area contributed by atoms with Crippen molar-refractivity contribution >= 4 is 5.91 Å². The first kappa shape index (κ1) is 13.8. The number of nitrogens with one attached hydrogen (secondary N) is 1. The quantitative estimate of drug-likeness (QED) is 0.885. The van der Waals surface area contributed by atoms with Crippen LogP contribution in [0.4, 0.5) is 4.39 Å². The largest absolute Gasteiger partial charge is 0.494 e. The van der Waals surface area contributed by atoms with Crippen LogP contribution in [0.15, 0.2) is 18.2 Å². The predicted octanol–water partition coefficient (Wildman–Crippen LogP) is 1.66. The Morgan fingerprint density at radius 2 is 2.21 bits per heavy atom. The van der Waals surface area contributed by atoms with Crippen molar-refractivity contribution in [2.45, 2.75) is 19.4 Å². The van der Waals surface area contributed by atoms with Crippen LogP contribution >= 0.6 is 0 Å². The molecule has 4 nitrogen and oxygen atoms in total. The lowest BCUT2D eigenvalue weighted by Crippen LogP contribution is -2.58. The van der Waals surface area contributed by atoms with Gasteiger partial charge in [0, 0.05) is 30.7 Å². The van der Waals surface area contributed by atoms with E-state index >= 15 is 0 Å². The molecule has 0 radical (unpaired) electrons. The maximum absolute atomic E-state index is 13.3. The standard InChI is InChI=1S/C14H19FN2O2/c1-14(2)9-17(7-6-16-14)13(18)10-4-5-11(15)12(8-10)19-3/h4-5,8,16H,6-7,9H2,1-3H3. The van der Waals surface area contributed by atoms with Gasteiger partial charge in [-0.1, -0.05) is 0 Å². The number of piperazine rings is 1. The summed E-state index contributed by atoms with van der Waals surface area (Å²) in [6.07, 6.45) is 0. The monoisotopic (exact) mass is 266 g/mol. The number of methoxy groups -OCH3 is 1. The molecule has 5 heteroatoms. The van der Waals surface area contributed by atoms with Crippen LogP contribution in [0.5, 0.6) is 5.75 Å². The summed E-state index contributed by atoms with van der Waals surface area (Å²) in [5, 5.41) is 3.35. The zero-order chi connectivity index (χ0) is 14.0. The molecule has 1 amide bonds. The van der Waals surface area contributed by atoms with Gasteiger partial charge in [0.1, 0.15) is 0 Å². The van der Waals surface area contributed by atoms with Crippen LogP contribution in [-0.2, 0) is 0 Å². The molecule has 0 aliphatic carbocycles. The normalized spacial score (nSPS) is 18.2. The van der Waals surface area contributed by atoms with Crippen LogP contribution in [-0.4, -0.2) is 43.1 Å². The van der Waals surface area contributed by atoms with Gasteiger partial charge >= 0.3 is 0 Å². The van der Waals surface area contributed by atoms with E-state index in [1.54, 1.807) is 4.90 Å². The Morgan fingerprint density at radius 1 is 1.47 bits per heavy atom. The van der Waals surface area contributed by atoms with Crippen LogP contribution in [0.1, 0.15) is 24.2 Å². The Labute approximate surface area is 112 Å². The third-order valence-electron chi connectivity index (χ3n) is 3.26. The van der Waals surface area contributed by atoms with Crippen LogP contribution in [0.25, 0.3) is 0 Å². The van der Waals surface area contributed by atoms with E-state index in [4.69, 9.17) is 4.74 Å². The van der Waals surface area contributed by atoms with E-state index in [0.717, 1.165) is 6.54 Å². The molecule has 0 unspecified atom stereocenters. The number of rotatable bonds is 2. The Bertz CT molecular complexity index is 488. The van der Waals surface area contributed by atoms with E-state index in [2.05, 4.69) is 19.2 Å². The summed E-state index contributed by atoms with van der Waals surface area (Å²) in [4.78, 5) is 14.2. The van der Waals surface area contributed by atoms with Gasteiger partial charge in [0.25, 0.3) is 5.91 Å². The van der Waals surface area contributed by atoms with Crippen molar-refractivity contribution in [3.05, 3.63) is 29.6 Å². The first-order valence-corrected chi connectivity index (χ1v) is 6.31. The highest BCUT2D eigenvalue weighted by Crippen LogP contribution is 2.20. The van der Waals surface area contributed by atoms with Gasteiger partial charge in [0.05, 0.1) is 7.11 Å². The van der Waals surface area contributed by atoms with Gasteiger partial charge in [-0.3, -0.25) is 4.79 Å². The Balaban J connectivity index is 2.19. The van der Waals surface area contributed by atoms with Crippen LogP contribution in [0.3, 0.4) is 0 Å². The number of carbonyl (C=O) groups excluding carboxylic acids is 1. The summed E-state index contributed by atoms with van der Waals surface area (Å²) in [5.41, 5.74) is 0.355. The zero-order valence-corrected chi connectivity index (χ0v) is 11.5.